The Morgan fingerprint density at radius 3 is 2.58 bits per heavy atom. The lowest BCUT2D eigenvalue weighted by Crippen LogP contribution is -1.95. The summed E-state index contributed by atoms with van der Waals surface area (Å²) in [6.45, 7) is 4.31. The first-order valence-corrected chi connectivity index (χ1v) is 4.08. The maximum absolute atomic E-state index is 5.10. The Bertz CT molecular complexity index is 277. The molecule has 2 heteroatoms. The summed E-state index contributed by atoms with van der Waals surface area (Å²) in [6, 6.07) is 8.14. The van der Waals surface area contributed by atoms with Crippen molar-refractivity contribution in [3.63, 3.8) is 0 Å². The molecule has 0 saturated carbocycles. The summed E-state index contributed by atoms with van der Waals surface area (Å²) in [7, 11) is 0. The Kier molecular flexibility index (Phi) is 2.86. The molecule has 0 spiro atoms. The quantitative estimate of drug-likeness (QED) is 0.403. The fraction of sp³-hybridized carbons (Fsp3) is 0.300. The summed E-state index contributed by atoms with van der Waals surface area (Å²) in [5.41, 5.74) is 2.39. The zero-order valence-electron chi connectivity index (χ0n) is 7.49. The topological polar surface area (TPSA) is 38.4 Å². The molecule has 2 nitrogen and oxygen atoms in total. The summed E-state index contributed by atoms with van der Waals surface area (Å²) in [4.78, 5) is 0. The minimum atomic E-state index is 0.513. The van der Waals surface area contributed by atoms with Crippen LogP contribution in [0.4, 0.5) is 0 Å². The Balaban J connectivity index is 3.08. The van der Waals surface area contributed by atoms with E-state index in [4.69, 9.17) is 5.84 Å². The molecule has 12 heavy (non-hydrogen) atoms. The minimum Gasteiger partial charge on any atom is -0.323 e. The number of rotatable bonds is 2. The molecule has 64 valence electrons. The van der Waals surface area contributed by atoms with Crippen LogP contribution in [-0.4, -0.2) is 6.21 Å². The van der Waals surface area contributed by atoms with E-state index in [0.717, 1.165) is 5.56 Å². The van der Waals surface area contributed by atoms with E-state index in [-0.39, 0.29) is 0 Å². The van der Waals surface area contributed by atoms with E-state index < -0.39 is 0 Å². The van der Waals surface area contributed by atoms with Crippen LogP contribution in [-0.2, 0) is 0 Å². The molecule has 0 fully saturated rings. The van der Waals surface area contributed by atoms with Gasteiger partial charge in [0.2, 0.25) is 0 Å². The van der Waals surface area contributed by atoms with Crippen molar-refractivity contribution >= 4 is 6.21 Å². The summed E-state index contributed by atoms with van der Waals surface area (Å²) in [5.74, 6) is 5.61. The third-order valence-electron chi connectivity index (χ3n) is 1.83. The highest BCUT2D eigenvalue weighted by Crippen LogP contribution is 2.17. The van der Waals surface area contributed by atoms with Gasteiger partial charge in [0.15, 0.2) is 0 Å². The van der Waals surface area contributed by atoms with Crippen molar-refractivity contribution < 1.29 is 0 Å². The molecule has 0 aliphatic rings. The normalized spacial score (nSPS) is 11.2. The second-order valence-corrected chi connectivity index (χ2v) is 3.06. The van der Waals surface area contributed by atoms with Crippen molar-refractivity contribution in [1.29, 1.82) is 0 Å². The lowest BCUT2D eigenvalue weighted by atomic mass is 9.98. The Labute approximate surface area is 73.1 Å². The van der Waals surface area contributed by atoms with Gasteiger partial charge in [-0.3, -0.25) is 0 Å². The number of benzene rings is 1. The van der Waals surface area contributed by atoms with Crippen LogP contribution in [0.2, 0.25) is 0 Å². The lowest BCUT2D eigenvalue weighted by molar-refractivity contribution is 0.864. The zero-order chi connectivity index (χ0) is 8.97. The van der Waals surface area contributed by atoms with Gasteiger partial charge in [0.25, 0.3) is 0 Å². The standard InChI is InChI=1S/C10H14N2/c1-8(2)10-6-4-3-5-9(10)7-12-11/h3-8H,11H2,1-2H3. The third kappa shape index (κ3) is 1.84. The van der Waals surface area contributed by atoms with Crippen LogP contribution in [0.15, 0.2) is 29.4 Å². The van der Waals surface area contributed by atoms with Crippen molar-refractivity contribution in [3.05, 3.63) is 35.4 Å². The van der Waals surface area contributed by atoms with E-state index >= 15 is 0 Å². The highest BCUT2D eigenvalue weighted by molar-refractivity contribution is 5.81. The molecule has 1 aromatic carbocycles. The average Bonchev–Trinajstić information content (AvgIpc) is 2.05. The molecule has 2 N–H and O–H groups in total. The monoisotopic (exact) mass is 162 g/mol. The van der Waals surface area contributed by atoms with Crippen LogP contribution in [0.1, 0.15) is 30.9 Å². The molecule has 1 rings (SSSR count). The van der Waals surface area contributed by atoms with Crippen molar-refractivity contribution in [2.75, 3.05) is 0 Å². The lowest BCUT2D eigenvalue weighted by Gasteiger charge is -2.07. The summed E-state index contributed by atoms with van der Waals surface area (Å²) < 4.78 is 0. The fourth-order valence-electron chi connectivity index (χ4n) is 1.23. The molecular formula is C10H14N2. The van der Waals surface area contributed by atoms with Crippen LogP contribution >= 0.6 is 0 Å². The molecule has 0 heterocycles. The molecule has 1 aromatic rings. The maximum atomic E-state index is 5.10. The van der Waals surface area contributed by atoms with Gasteiger partial charge in [-0.2, -0.15) is 5.10 Å². The largest absolute Gasteiger partial charge is 0.323 e. The Morgan fingerprint density at radius 1 is 1.33 bits per heavy atom. The molecule has 0 aliphatic heterocycles. The van der Waals surface area contributed by atoms with E-state index in [1.54, 1.807) is 6.21 Å². The van der Waals surface area contributed by atoms with Crippen LogP contribution in [0.25, 0.3) is 0 Å². The van der Waals surface area contributed by atoms with E-state index in [2.05, 4.69) is 25.0 Å². The van der Waals surface area contributed by atoms with Gasteiger partial charge >= 0.3 is 0 Å². The van der Waals surface area contributed by atoms with Gasteiger partial charge in [-0.05, 0) is 17.0 Å². The number of hydrogen-bond acceptors (Lipinski definition) is 2. The predicted octanol–water partition coefficient (Wildman–Crippen LogP) is 2.10. The highest BCUT2D eigenvalue weighted by Gasteiger charge is 2.02. The SMILES string of the molecule is CC(C)c1ccccc1C=NN. The number of nitrogens with zero attached hydrogens (tertiary/aromatic N) is 1. The first-order valence-electron chi connectivity index (χ1n) is 4.08. The first kappa shape index (κ1) is 8.78. The summed E-state index contributed by atoms with van der Waals surface area (Å²) in [6.07, 6.45) is 1.69. The molecular weight excluding hydrogens is 148 g/mol. The van der Waals surface area contributed by atoms with Gasteiger partial charge < -0.3 is 5.84 Å². The molecule has 0 bridgehead atoms. The zero-order valence-corrected chi connectivity index (χ0v) is 7.49. The molecule has 0 atom stereocenters. The number of hydrazone groups is 1. The Morgan fingerprint density at radius 2 is 2.00 bits per heavy atom. The van der Waals surface area contributed by atoms with Gasteiger partial charge in [0.1, 0.15) is 0 Å². The molecule has 0 amide bonds. The molecule has 0 aliphatic carbocycles. The van der Waals surface area contributed by atoms with Crippen LogP contribution in [0, 0.1) is 0 Å². The van der Waals surface area contributed by atoms with E-state index in [1.807, 2.05) is 18.2 Å². The maximum Gasteiger partial charge on any atom is 0.0540 e. The van der Waals surface area contributed by atoms with Gasteiger partial charge in [-0.15, -0.1) is 0 Å². The smallest absolute Gasteiger partial charge is 0.0540 e. The predicted molar refractivity (Wildman–Crippen MR) is 52.3 cm³/mol. The van der Waals surface area contributed by atoms with E-state index in [9.17, 15) is 0 Å². The Hall–Kier alpha value is -1.31. The molecule has 0 aromatic heterocycles. The van der Waals surface area contributed by atoms with Gasteiger partial charge in [0, 0.05) is 0 Å². The van der Waals surface area contributed by atoms with Crippen molar-refractivity contribution in [3.8, 4) is 0 Å². The van der Waals surface area contributed by atoms with E-state index in [1.165, 1.54) is 5.56 Å². The van der Waals surface area contributed by atoms with Crippen molar-refractivity contribution in [2.24, 2.45) is 10.9 Å². The molecule has 0 unspecified atom stereocenters. The summed E-state index contributed by atoms with van der Waals surface area (Å²) in [5, 5.41) is 3.52. The number of nitrogens with two attached hydrogens (primary N) is 1. The number of hydrogen-bond donors (Lipinski definition) is 1. The van der Waals surface area contributed by atoms with E-state index in [0.29, 0.717) is 5.92 Å². The average molecular weight is 162 g/mol. The van der Waals surface area contributed by atoms with Gasteiger partial charge in [0.05, 0.1) is 6.21 Å². The first-order chi connectivity index (χ1) is 5.75. The second-order valence-electron chi connectivity index (χ2n) is 3.06. The molecule has 0 saturated heterocycles. The van der Waals surface area contributed by atoms with Crippen molar-refractivity contribution in [1.82, 2.24) is 0 Å². The fourth-order valence-corrected chi connectivity index (χ4v) is 1.23. The highest BCUT2D eigenvalue weighted by atomic mass is 15.1. The summed E-state index contributed by atoms with van der Waals surface area (Å²) >= 11 is 0. The second kappa shape index (κ2) is 3.90. The van der Waals surface area contributed by atoms with Gasteiger partial charge in [-0.1, -0.05) is 38.1 Å². The minimum absolute atomic E-state index is 0.513. The van der Waals surface area contributed by atoms with Crippen LogP contribution in [0.3, 0.4) is 0 Å². The van der Waals surface area contributed by atoms with Crippen LogP contribution in [0.5, 0.6) is 0 Å². The third-order valence-corrected chi connectivity index (χ3v) is 1.83. The van der Waals surface area contributed by atoms with Crippen LogP contribution < -0.4 is 5.84 Å². The van der Waals surface area contributed by atoms with Crippen molar-refractivity contribution in [2.45, 2.75) is 19.8 Å². The van der Waals surface area contributed by atoms with Gasteiger partial charge in [-0.25, -0.2) is 0 Å². The molecule has 0 radical (unpaired) electrons.